The van der Waals surface area contributed by atoms with E-state index in [1.54, 1.807) is 0 Å². The fourth-order valence-electron chi connectivity index (χ4n) is 1.54. The Hall–Kier alpha value is 0.137. The third-order valence-electron chi connectivity index (χ3n) is 2.25. The van der Waals surface area contributed by atoms with Crippen LogP contribution in [-0.4, -0.2) is 28.8 Å². The molecule has 0 aliphatic carbocycles. The predicted octanol–water partition coefficient (Wildman–Crippen LogP) is 1.34. The van der Waals surface area contributed by atoms with Gasteiger partial charge < -0.3 is 10.6 Å². The summed E-state index contributed by atoms with van der Waals surface area (Å²) < 4.78 is 0. The topological polar surface area (TPSA) is 24.1 Å². The first kappa shape index (κ1) is 13.1. The van der Waals surface area contributed by atoms with Gasteiger partial charge in [0.05, 0.1) is 6.17 Å². The molecule has 0 fully saturated rings. The van der Waals surface area contributed by atoms with E-state index in [2.05, 4.69) is 31.4 Å². The van der Waals surface area contributed by atoms with Crippen LogP contribution in [0.25, 0.3) is 0 Å². The molecule has 13 heavy (non-hydrogen) atoms. The average Bonchev–Trinajstić information content (AvgIpc) is 2.13. The lowest BCUT2D eigenvalue weighted by atomic mass is 10.2. The summed E-state index contributed by atoms with van der Waals surface area (Å²) >= 11 is 0. The zero-order valence-electron chi connectivity index (χ0n) is 9.53. The summed E-state index contributed by atoms with van der Waals surface area (Å²) in [5.74, 6) is 0. The van der Waals surface area contributed by atoms with Gasteiger partial charge in [0.1, 0.15) is 0 Å². The summed E-state index contributed by atoms with van der Waals surface area (Å²) in [7, 11) is 0.295. The summed E-state index contributed by atoms with van der Waals surface area (Å²) in [5.41, 5.74) is 0. The van der Waals surface area contributed by atoms with Crippen molar-refractivity contribution < 1.29 is 0 Å². The Bertz CT molecular complexity index is 92.9. The van der Waals surface area contributed by atoms with Gasteiger partial charge in [-0.15, -0.1) is 0 Å². The smallest absolute Gasteiger partial charge is 0.0571 e. The van der Waals surface area contributed by atoms with Crippen LogP contribution in [0.15, 0.2) is 0 Å². The molecule has 0 radical (unpaired) electrons. The van der Waals surface area contributed by atoms with E-state index in [1.807, 2.05) is 0 Å². The van der Waals surface area contributed by atoms with E-state index in [0.717, 1.165) is 13.1 Å². The van der Waals surface area contributed by atoms with E-state index in [-0.39, 0.29) is 0 Å². The number of rotatable bonds is 9. The second-order valence-corrected chi connectivity index (χ2v) is 5.93. The lowest BCUT2D eigenvalue weighted by Gasteiger charge is -2.18. The summed E-state index contributed by atoms with van der Waals surface area (Å²) in [4.78, 5) is 0. The molecule has 0 saturated carbocycles. The maximum absolute atomic E-state index is 3.46. The van der Waals surface area contributed by atoms with Gasteiger partial charge in [0.25, 0.3) is 0 Å². The second kappa shape index (κ2) is 10.2. The van der Waals surface area contributed by atoms with Crippen LogP contribution in [0.3, 0.4) is 0 Å². The Morgan fingerprint density at radius 3 is 2.15 bits per heavy atom. The van der Waals surface area contributed by atoms with Crippen molar-refractivity contribution in [1.29, 1.82) is 0 Å². The van der Waals surface area contributed by atoms with Gasteiger partial charge in [-0.25, -0.2) is 0 Å². The van der Waals surface area contributed by atoms with Crippen molar-refractivity contribution in [1.82, 2.24) is 10.6 Å². The molecule has 0 bridgehead atoms. The molecule has 0 aromatic carbocycles. The first-order valence-corrected chi connectivity index (χ1v) is 7.81. The zero-order chi connectivity index (χ0) is 9.94. The summed E-state index contributed by atoms with van der Waals surface area (Å²) in [6, 6.07) is 2.98. The Balaban J connectivity index is 3.33. The summed E-state index contributed by atoms with van der Waals surface area (Å²) in [5, 5.41) is 6.93. The maximum atomic E-state index is 3.46. The molecule has 0 rings (SSSR count). The van der Waals surface area contributed by atoms with Crippen LogP contribution >= 0.6 is 0 Å². The van der Waals surface area contributed by atoms with Gasteiger partial charge >= 0.3 is 0 Å². The van der Waals surface area contributed by atoms with Crippen molar-refractivity contribution in [2.24, 2.45) is 0 Å². The predicted molar refractivity (Wildman–Crippen MR) is 64.2 cm³/mol. The minimum Gasteiger partial charge on any atom is -0.302 e. The molecule has 0 unspecified atom stereocenters. The van der Waals surface area contributed by atoms with Crippen molar-refractivity contribution in [2.45, 2.75) is 51.9 Å². The van der Waals surface area contributed by atoms with E-state index in [1.165, 1.54) is 24.9 Å². The highest BCUT2D eigenvalue weighted by molar-refractivity contribution is 6.35. The molecular formula is C10H26N2Si. The Morgan fingerprint density at radius 2 is 1.69 bits per heavy atom. The Morgan fingerprint density at radius 1 is 1.08 bits per heavy atom. The average molecular weight is 202 g/mol. The molecule has 0 amide bonds. The van der Waals surface area contributed by atoms with Gasteiger partial charge in [-0.2, -0.15) is 0 Å². The maximum Gasteiger partial charge on any atom is 0.0571 e. The van der Waals surface area contributed by atoms with Crippen LogP contribution in [0.1, 0.15) is 33.6 Å². The lowest BCUT2D eigenvalue weighted by molar-refractivity contribution is 0.414. The van der Waals surface area contributed by atoms with Crippen molar-refractivity contribution in [2.75, 3.05) is 13.1 Å². The van der Waals surface area contributed by atoms with Gasteiger partial charge in [-0.3, -0.25) is 0 Å². The lowest BCUT2D eigenvalue weighted by Crippen LogP contribution is -2.41. The molecule has 0 aliphatic rings. The van der Waals surface area contributed by atoms with Crippen LogP contribution in [0.5, 0.6) is 0 Å². The van der Waals surface area contributed by atoms with Crippen LogP contribution in [0, 0.1) is 0 Å². The van der Waals surface area contributed by atoms with Crippen LogP contribution in [0.4, 0.5) is 0 Å². The normalized spacial score (nSPS) is 12.0. The number of hydrogen-bond acceptors (Lipinski definition) is 2. The highest BCUT2D eigenvalue weighted by atomic mass is 28.2. The molecule has 0 spiro atoms. The summed E-state index contributed by atoms with van der Waals surface area (Å²) in [6.45, 7) is 8.81. The molecule has 80 valence electrons. The first-order valence-electron chi connectivity index (χ1n) is 5.81. The standard InChI is InChI=1S/C10H26N2Si/c1-4-11-10(12-5-2)8-7-9-13-6-3/h10-12H,4-9,13H2,1-3H3. The minimum atomic E-state index is 0.295. The molecule has 0 atom stereocenters. The first-order chi connectivity index (χ1) is 6.35. The fraction of sp³-hybridized carbons (Fsp3) is 1.00. The number of nitrogens with one attached hydrogen (secondary N) is 2. The van der Waals surface area contributed by atoms with E-state index in [4.69, 9.17) is 0 Å². The third-order valence-corrected chi connectivity index (χ3v) is 3.95. The Labute approximate surface area is 85.7 Å². The van der Waals surface area contributed by atoms with Crippen molar-refractivity contribution in [3.63, 3.8) is 0 Å². The van der Waals surface area contributed by atoms with Crippen molar-refractivity contribution in [3.05, 3.63) is 0 Å². The zero-order valence-corrected chi connectivity index (χ0v) is 10.9. The highest BCUT2D eigenvalue weighted by Gasteiger charge is 2.03. The molecule has 0 aromatic heterocycles. The SMILES string of the molecule is CCNC(CCC[SiH2]CC)NCC. The van der Waals surface area contributed by atoms with Crippen LogP contribution in [-0.2, 0) is 0 Å². The minimum absolute atomic E-state index is 0.295. The molecule has 0 heterocycles. The molecular weight excluding hydrogens is 176 g/mol. The molecule has 2 N–H and O–H groups in total. The van der Waals surface area contributed by atoms with Gasteiger partial charge in [-0.05, 0) is 19.5 Å². The van der Waals surface area contributed by atoms with E-state index >= 15 is 0 Å². The Kier molecular flexibility index (Phi) is 10.3. The van der Waals surface area contributed by atoms with Crippen LogP contribution < -0.4 is 10.6 Å². The molecule has 0 saturated heterocycles. The molecule has 0 aromatic rings. The fourth-order valence-corrected chi connectivity index (χ4v) is 2.69. The van der Waals surface area contributed by atoms with E-state index in [9.17, 15) is 0 Å². The molecule has 2 nitrogen and oxygen atoms in total. The highest BCUT2D eigenvalue weighted by Crippen LogP contribution is 2.00. The quantitative estimate of drug-likeness (QED) is 0.335. The van der Waals surface area contributed by atoms with Gasteiger partial charge in [0.15, 0.2) is 0 Å². The van der Waals surface area contributed by atoms with Crippen molar-refractivity contribution >= 4 is 9.52 Å². The summed E-state index contributed by atoms with van der Waals surface area (Å²) in [6.07, 6.45) is 3.26. The van der Waals surface area contributed by atoms with Crippen molar-refractivity contribution in [3.8, 4) is 0 Å². The third kappa shape index (κ3) is 8.47. The molecule has 0 aliphatic heterocycles. The van der Waals surface area contributed by atoms with Gasteiger partial charge in [-0.1, -0.05) is 39.3 Å². The monoisotopic (exact) mass is 202 g/mol. The van der Waals surface area contributed by atoms with Gasteiger partial charge in [0.2, 0.25) is 0 Å². The molecule has 3 heteroatoms. The van der Waals surface area contributed by atoms with E-state index < -0.39 is 0 Å². The largest absolute Gasteiger partial charge is 0.302 e. The van der Waals surface area contributed by atoms with E-state index in [0.29, 0.717) is 15.7 Å². The number of hydrogen-bond donors (Lipinski definition) is 2. The van der Waals surface area contributed by atoms with Gasteiger partial charge in [0, 0.05) is 9.52 Å². The van der Waals surface area contributed by atoms with Crippen LogP contribution in [0.2, 0.25) is 12.1 Å². The second-order valence-electron chi connectivity index (χ2n) is 3.52.